The summed E-state index contributed by atoms with van der Waals surface area (Å²) in [7, 11) is 0. The minimum atomic E-state index is 0. The summed E-state index contributed by atoms with van der Waals surface area (Å²) < 4.78 is 0. The minimum absolute atomic E-state index is 0. The zero-order valence-electron chi connectivity index (χ0n) is 13.8. The van der Waals surface area contributed by atoms with Crippen LogP contribution in [-0.2, 0) is 17.1 Å². The zero-order chi connectivity index (χ0) is 15.9. The van der Waals surface area contributed by atoms with Gasteiger partial charge in [0.2, 0.25) is 0 Å². The Bertz CT molecular complexity index is 1080. The van der Waals surface area contributed by atoms with E-state index in [9.17, 15) is 0 Å². The Balaban J connectivity index is 0.000000980. The van der Waals surface area contributed by atoms with E-state index in [1.165, 1.54) is 0 Å². The SMILES string of the molecule is C1=c2ccc([nH]2)=Cc2ccc([nH]2)C=c2ccc([nH]2)=Cc2ccc1[nH]2.O.[Mn]. The predicted molar refractivity (Wildman–Crippen MR) is 99.6 cm³/mol. The van der Waals surface area contributed by atoms with Crippen molar-refractivity contribution in [3.63, 3.8) is 0 Å². The molecule has 0 spiro atoms. The average Bonchev–Trinajstić information content (AvgIpc) is 3.32. The fourth-order valence-corrected chi connectivity index (χ4v) is 3.06. The molecular formula is C20H18MnN4O. The van der Waals surface area contributed by atoms with Gasteiger partial charge in [-0.15, -0.1) is 0 Å². The third-order valence-electron chi connectivity index (χ3n) is 4.17. The molecule has 4 aromatic rings. The molecule has 26 heavy (non-hydrogen) atoms. The first-order valence-electron chi connectivity index (χ1n) is 7.95. The summed E-state index contributed by atoms with van der Waals surface area (Å²) in [6.07, 6.45) is 8.42. The van der Waals surface area contributed by atoms with Crippen LogP contribution in [0.2, 0.25) is 0 Å². The second-order valence-corrected chi connectivity index (χ2v) is 6.05. The van der Waals surface area contributed by atoms with Crippen molar-refractivity contribution in [1.29, 1.82) is 0 Å². The molecule has 0 amide bonds. The summed E-state index contributed by atoms with van der Waals surface area (Å²) in [6, 6.07) is 16.7. The van der Waals surface area contributed by atoms with Crippen molar-refractivity contribution in [2.24, 2.45) is 0 Å². The standard InChI is InChI=1S/C20H16N4.Mn.H2O/c1-2-14-10-16-5-6-18(23-16)12-20-8-7-19(24-20)11-17-4-3-15(22-17)9-13(1)21-14;;/h1-12,21-24H;;1H2. The Kier molecular flexibility index (Phi) is 4.91. The molecule has 1 radical (unpaired) electrons. The van der Waals surface area contributed by atoms with Crippen molar-refractivity contribution >= 4 is 24.3 Å². The summed E-state index contributed by atoms with van der Waals surface area (Å²) in [6.45, 7) is 0. The Labute approximate surface area is 159 Å². The van der Waals surface area contributed by atoms with Gasteiger partial charge in [-0.2, -0.15) is 0 Å². The first-order valence-corrected chi connectivity index (χ1v) is 7.95. The van der Waals surface area contributed by atoms with Crippen LogP contribution in [0.25, 0.3) is 24.3 Å². The maximum Gasteiger partial charge on any atom is 0.0405 e. The molecule has 1 aliphatic heterocycles. The van der Waals surface area contributed by atoms with Gasteiger partial charge in [0.1, 0.15) is 0 Å². The number of hydrogen-bond donors (Lipinski definition) is 4. The van der Waals surface area contributed by atoms with Crippen LogP contribution in [0.1, 0.15) is 22.8 Å². The van der Waals surface area contributed by atoms with Gasteiger partial charge in [-0.3, -0.25) is 0 Å². The molecule has 0 fully saturated rings. The summed E-state index contributed by atoms with van der Waals surface area (Å²) in [5.41, 5.74) is 4.29. The molecule has 0 aromatic carbocycles. The Morgan fingerprint density at radius 2 is 0.654 bits per heavy atom. The minimum Gasteiger partial charge on any atom is -0.412 e. The van der Waals surface area contributed by atoms with E-state index in [0.29, 0.717) is 0 Å². The molecule has 0 saturated heterocycles. The first kappa shape index (κ1) is 17.9. The Morgan fingerprint density at radius 3 is 0.923 bits per heavy atom. The molecule has 0 unspecified atom stereocenters. The normalized spacial score (nSPS) is 11.7. The molecule has 8 bridgehead atoms. The molecular weight excluding hydrogens is 367 g/mol. The number of hydrogen-bond acceptors (Lipinski definition) is 0. The smallest absolute Gasteiger partial charge is 0.0405 e. The molecule has 1 aliphatic rings. The van der Waals surface area contributed by atoms with Crippen LogP contribution in [0, 0.1) is 0 Å². The van der Waals surface area contributed by atoms with Crippen molar-refractivity contribution in [2.45, 2.75) is 0 Å². The van der Waals surface area contributed by atoms with E-state index in [1.54, 1.807) is 0 Å². The van der Waals surface area contributed by atoms with E-state index in [0.717, 1.165) is 44.2 Å². The van der Waals surface area contributed by atoms with Gasteiger partial charge in [0, 0.05) is 61.2 Å². The Hall–Kier alpha value is -2.92. The van der Waals surface area contributed by atoms with Crippen LogP contribution >= 0.6 is 0 Å². The van der Waals surface area contributed by atoms with Gasteiger partial charge < -0.3 is 25.4 Å². The summed E-state index contributed by atoms with van der Waals surface area (Å²) >= 11 is 0. The monoisotopic (exact) mass is 385 g/mol. The molecule has 6 N–H and O–H groups in total. The maximum atomic E-state index is 3.42. The van der Waals surface area contributed by atoms with Crippen LogP contribution in [0.15, 0.2) is 48.5 Å². The van der Waals surface area contributed by atoms with E-state index < -0.39 is 0 Å². The van der Waals surface area contributed by atoms with E-state index in [1.807, 2.05) is 0 Å². The number of H-pyrrole nitrogens is 4. The second kappa shape index (κ2) is 7.14. The predicted octanol–water partition coefficient (Wildman–Crippen LogP) is -0.200. The second-order valence-electron chi connectivity index (χ2n) is 6.05. The largest absolute Gasteiger partial charge is 0.412 e. The average molecular weight is 385 g/mol. The van der Waals surface area contributed by atoms with Crippen LogP contribution in [-0.4, -0.2) is 25.4 Å². The number of rotatable bonds is 0. The molecule has 4 aromatic heterocycles. The van der Waals surface area contributed by atoms with Crippen LogP contribution in [0.4, 0.5) is 0 Å². The molecule has 5 rings (SSSR count). The topological polar surface area (TPSA) is 94.7 Å². The summed E-state index contributed by atoms with van der Waals surface area (Å²) in [4.78, 5) is 13.7. The van der Waals surface area contributed by atoms with Crippen molar-refractivity contribution in [2.75, 3.05) is 0 Å². The van der Waals surface area contributed by atoms with Crippen molar-refractivity contribution in [3.8, 4) is 0 Å². The summed E-state index contributed by atoms with van der Waals surface area (Å²) in [5.74, 6) is 0. The zero-order valence-corrected chi connectivity index (χ0v) is 15.0. The van der Waals surface area contributed by atoms with E-state index in [2.05, 4.69) is 92.8 Å². The molecule has 5 heterocycles. The molecule has 0 aliphatic carbocycles. The van der Waals surface area contributed by atoms with Gasteiger partial charge >= 0.3 is 0 Å². The molecule has 131 valence electrons. The number of aromatic nitrogens is 4. The van der Waals surface area contributed by atoms with E-state index in [4.69, 9.17) is 0 Å². The number of fused-ring (bicyclic) bond motifs is 8. The maximum absolute atomic E-state index is 3.42. The van der Waals surface area contributed by atoms with Crippen LogP contribution in [0.3, 0.4) is 0 Å². The first-order chi connectivity index (χ1) is 11.8. The van der Waals surface area contributed by atoms with Gasteiger partial charge in [-0.1, -0.05) is 0 Å². The quantitative estimate of drug-likeness (QED) is 0.266. The fourth-order valence-electron chi connectivity index (χ4n) is 3.06. The Morgan fingerprint density at radius 1 is 0.385 bits per heavy atom. The van der Waals surface area contributed by atoms with Crippen LogP contribution < -0.4 is 21.4 Å². The van der Waals surface area contributed by atoms with Gasteiger partial charge in [-0.05, 0) is 72.8 Å². The van der Waals surface area contributed by atoms with Crippen molar-refractivity contribution < 1.29 is 22.5 Å². The fraction of sp³-hybridized carbons (Fsp3) is 0. The van der Waals surface area contributed by atoms with Crippen LogP contribution in [0.5, 0.6) is 0 Å². The molecule has 6 heteroatoms. The molecule has 0 atom stereocenters. The van der Waals surface area contributed by atoms with E-state index >= 15 is 0 Å². The van der Waals surface area contributed by atoms with Gasteiger partial charge in [0.15, 0.2) is 0 Å². The van der Waals surface area contributed by atoms with Gasteiger partial charge in [-0.25, -0.2) is 0 Å². The molecule has 0 saturated carbocycles. The van der Waals surface area contributed by atoms with Gasteiger partial charge in [0.25, 0.3) is 0 Å². The number of nitrogens with one attached hydrogen (secondary N) is 4. The third kappa shape index (κ3) is 3.53. The summed E-state index contributed by atoms with van der Waals surface area (Å²) in [5, 5.41) is 4.29. The molecule has 5 nitrogen and oxygen atoms in total. The third-order valence-corrected chi connectivity index (χ3v) is 4.17. The van der Waals surface area contributed by atoms with Crippen molar-refractivity contribution in [3.05, 3.63) is 92.7 Å². The van der Waals surface area contributed by atoms with Crippen molar-refractivity contribution in [1.82, 2.24) is 19.9 Å². The van der Waals surface area contributed by atoms with Gasteiger partial charge in [0.05, 0.1) is 0 Å². The van der Waals surface area contributed by atoms with E-state index in [-0.39, 0.29) is 22.5 Å². The number of aromatic amines is 4.